The van der Waals surface area contributed by atoms with E-state index in [1.165, 1.54) is 60.7 Å². The number of hydrogen-bond donors (Lipinski definition) is 6. The smallest absolute Gasteiger partial charge is 0.296 e. The van der Waals surface area contributed by atoms with Crippen molar-refractivity contribution in [3.05, 3.63) is 95.0 Å². The summed E-state index contributed by atoms with van der Waals surface area (Å²) in [6.07, 6.45) is 0. The van der Waals surface area contributed by atoms with E-state index >= 15 is 0 Å². The number of nitrogens with zero attached hydrogens (tertiary/aromatic N) is 4. The molecule has 0 aliphatic carbocycles. The van der Waals surface area contributed by atoms with Gasteiger partial charge < -0.3 is 21.7 Å². The lowest BCUT2D eigenvalue weighted by atomic mass is 10.0. The van der Waals surface area contributed by atoms with Crippen molar-refractivity contribution in [2.75, 3.05) is 11.5 Å². The van der Waals surface area contributed by atoms with Crippen molar-refractivity contribution in [2.24, 2.45) is 20.5 Å². The number of aromatic hydroxyl groups is 2. The van der Waals surface area contributed by atoms with Crippen LogP contribution in [0.4, 0.5) is 34.1 Å². The zero-order chi connectivity index (χ0) is 36.1. The van der Waals surface area contributed by atoms with Gasteiger partial charge in [-0.15, -0.1) is 20.5 Å². The van der Waals surface area contributed by atoms with Crippen LogP contribution in [0.25, 0.3) is 32.7 Å². The highest BCUT2D eigenvalue weighted by atomic mass is 35.5. The summed E-state index contributed by atoms with van der Waals surface area (Å²) in [6.45, 7) is 0. The van der Waals surface area contributed by atoms with Gasteiger partial charge in [-0.2, -0.15) is 16.8 Å². The lowest BCUT2D eigenvalue weighted by molar-refractivity contribution is 0.472. The number of hydrogen-bond acceptors (Lipinski definition) is 12. The van der Waals surface area contributed by atoms with Crippen LogP contribution < -0.4 is 11.5 Å². The third-order valence-electron chi connectivity index (χ3n) is 7.45. The van der Waals surface area contributed by atoms with E-state index in [1.807, 2.05) is 0 Å². The molecule has 0 bridgehead atoms. The largest absolute Gasteiger partial charge is 0.505 e. The van der Waals surface area contributed by atoms with E-state index < -0.39 is 52.9 Å². The molecule has 18 heteroatoms. The molecule has 0 aliphatic heterocycles. The molecule has 0 aromatic heterocycles. The van der Waals surface area contributed by atoms with Crippen LogP contribution in [-0.4, -0.2) is 36.2 Å². The summed E-state index contributed by atoms with van der Waals surface area (Å²) in [4.78, 5) is -1.36. The molecule has 0 atom stereocenters. The fourth-order valence-electron chi connectivity index (χ4n) is 5.06. The quantitative estimate of drug-likeness (QED) is 0.0513. The van der Waals surface area contributed by atoms with Crippen molar-refractivity contribution < 1.29 is 36.2 Å². The van der Waals surface area contributed by atoms with Crippen LogP contribution >= 0.6 is 23.2 Å². The first-order chi connectivity index (χ1) is 23.5. The van der Waals surface area contributed by atoms with Gasteiger partial charge in [0.1, 0.15) is 32.5 Å². The molecule has 0 amide bonds. The lowest BCUT2D eigenvalue weighted by Gasteiger charge is -2.10. The van der Waals surface area contributed by atoms with E-state index in [0.717, 1.165) is 12.1 Å². The first-order valence-electron chi connectivity index (χ1n) is 14.0. The van der Waals surface area contributed by atoms with E-state index in [1.54, 1.807) is 12.1 Å². The number of fused-ring (bicyclic) bond motifs is 2. The molecule has 14 nitrogen and oxygen atoms in total. The van der Waals surface area contributed by atoms with Crippen LogP contribution in [0.5, 0.6) is 11.5 Å². The number of benzene rings is 6. The molecule has 0 fully saturated rings. The number of nitrogens with two attached hydrogens (primary N) is 2. The number of anilines is 2. The Bertz CT molecular complexity index is 2690. The van der Waals surface area contributed by atoms with E-state index in [9.17, 15) is 36.2 Å². The number of phenols is 2. The second-order valence-electron chi connectivity index (χ2n) is 10.8. The second-order valence-corrected chi connectivity index (χ2v) is 14.4. The minimum absolute atomic E-state index is 0.0790. The van der Waals surface area contributed by atoms with E-state index in [0.29, 0.717) is 22.5 Å². The molecule has 0 saturated heterocycles. The van der Waals surface area contributed by atoms with Crippen molar-refractivity contribution >= 4 is 99.1 Å². The van der Waals surface area contributed by atoms with Crippen molar-refractivity contribution in [3.63, 3.8) is 0 Å². The van der Waals surface area contributed by atoms with Gasteiger partial charge in [0.15, 0.2) is 11.5 Å². The molecule has 6 aromatic carbocycles. The van der Waals surface area contributed by atoms with Crippen LogP contribution in [0.2, 0.25) is 10.0 Å². The molecule has 0 unspecified atom stereocenters. The Kier molecular flexibility index (Phi) is 8.85. The third kappa shape index (κ3) is 6.75. The van der Waals surface area contributed by atoms with Gasteiger partial charge in [-0.25, -0.2) is 0 Å². The Hall–Kier alpha value is -5.36. The van der Waals surface area contributed by atoms with E-state index in [-0.39, 0.29) is 43.0 Å². The molecule has 0 aliphatic rings. The summed E-state index contributed by atoms with van der Waals surface area (Å²) < 4.78 is 68.1. The molecule has 50 heavy (non-hydrogen) atoms. The van der Waals surface area contributed by atoms with Crippen LogP contribution in [0.3, 0.4) is 0 Å². The molecular formula is C32H22Cl2N6O8S2. The van der Waals surface area contributed by atoms with Gasteiger partial charge in [-0.3, -0.25) is 9.11 Å². The number of halogens is 2. The zero-order valence-electron chi connectivity index (χ0n) is 25.0. The maximum absolute atomic E-state index is 12.1. The number of rotatable bonds is 7. The molecular weight excluding hydrogens is 731 g/mol. The molecule has 6 rings (SSSR count). The predicted molar refractivity (Wildman–Crippen MR) is 190 cm³/mol. The standard InChI is InChI=1S/C32H22Cl2N6O8S2/c33-23-10-15(2-7-25(23)37-39-29-28(50(46,47)48)13-18-9-19(35)5-6-21(18)31(29)41)16-3-8-26(24(34)11-16)38-40-30-27(49(43,44)45)12-17-1-4-20(36)14-22(17)32(30)42/h1-14,41-42H,35-36H2,(H,43,44,45)(H,46,47,48). The zero-order valence-corrected chi connectivity index (χ0v) is 28.2. The highest BCUT2D eigenvalue weighted by Gasteiger charge is 2.24. The maximum atomic E-state index is 12.1. The van der Waals surface area contributed by atoms with Crippen LogP contribution in [0.1, 0.15) is 0 Å². The van der Waals surface area contributed by atoms with Gasteiger partial charge in [0.25, 0.3) is 20.2 Å². The maximum Gasteiger partial charge on any atom is 0.296 e. The Morgan fingerprint density at radius 2 is 0.980 bits per heavy atom. The molecule has 6 aromatic rings. The second kappa shape index (κ2) is 12.8. The molecule has 0 heterocycles. The number of nitrogen functional groups attached to an aromatic ring is 2. The fraction of sp³-hybridized carbons (Fsp3) is 0. The minimum Gasteiger partial charge on any atom is -0.505 e. The third-order valence-corrected chi connectivity index (χ3v) is 9.79. The molecule has 0 saturated carbocycles. The Morgan fingerprint density at radius 1 is 0.520 bits per heavy atom. The van der Waals surface area contributed by atoms with Crippen LogP contribution in [0.15, 0.2) is 115 Å². The highest BCUT2D eigenvalue weighted by molar-refractivity contribution is 7.86. The lowest BCUT2D eigenvalue weighted by Crippen LogP contribution is -1.99. The Morgan fingerprint density at radius 3 is 1.48 bits per heavy atom. The summed E-state index contributed by atoms with van der Waals surface area (Å²) in [7, 11) is -9.66. The summed E-state index contributed by atoms with van der Waals surface area (Å²) in [5.41, 5.74) is 12.4. The summed E-state index contributed by atoms with van der Waals surface area (Å²) in [6, 6.07) is 20.2. The fourth-order valence-corrected chi connectivity index (χ4v) is 6.81. The topological polar surface area (TPSA) is 251 Å². The monoisotopic (exact) mass is 752 g/mol. The summed E-state index contributed by atoms with van der Waals surface area (Å²) in [5, 5.41) is 38.5. The van der Waals surface area contributed by atoms with E-state index in [2.05, 4.69) is 20.5 Å². The first kappa shape index (κ1) is 34.5. The summed E-state index contributed by atoms with van der Waals surface area (Å²) in [5.74, 6) is -1.12. The van der Waals surface area contributed by atoms with E-state index in [4.69, 9.17) is 34.7 Å². The molecule has 0 spiro atoms. The normalized spacial score (nSPS) is 12.5. The highest BCUT2D eigenvalue weighted by Crippen LogP contribution is 2.44. The van der Waals surface area contributed by atoms with Gasteiger partial charge in [-0.05, 0) is 88.6 Å². The average Bonchev–Trinajstić information content (AvgIpc) is 3.04. The molecule has 254 valence electrons. The Balaban J connectivity index is 1.31. The molecule has 0 radical (unpaired) electrons. The number of azo groups is 2. The van der Waals surface area contributed by atoms with Gasteiger partial charge in [0.05, 0.1) is 10.0 Å². The van der Waals surface area contributed by atoms with Gasteiger partial charge in [0.2, 0.25) is 0 Å². The minimum atomic E-state index is -4.84. The van der Waals surface area contributed by atoms with Crippen molar-refractivity contribution in [3.8, 4) is 22.6 Å². The summed E-state index contributed by atoms with van der Waals surface area (Å²) >= 11 is 12.9. The van der Waals surface area contributed by atoms with Gasteiger partial charge in [0, 0.05) is 22.1 Å². The predicted octanol–water partition coefficient (Wildman–Crippen LogP) is 8.87. The average molecular weight is 754 g/mol. The van der Waals surface area contributed by atoms with Crippen LogP contribution in [0, 0.1) is 0 Å². The van der Waals surface area contributed by atoms with Crippen molar-refractivity contribution in [1.29, 1.82) is 0 Å². The Labute approximate surface area is 293 Å². The molecule has 8 N–H and O–H groups in total. The van der Waals surface area contributed by atoms with Gasteiger partial charge >= 0.3 is 0 Å². The van der Waals surface area contributed by atoms with Crippen molar-refractivity contribution in [2.45, 2.75) is 9.79 Å². The first-order valence-corrected chi connectivity index (χ1v) is 17.6. The van der Waals surface area contributed by atoms with Crippen LogP contribution in [-0.2, 0) is 20.2 Å². The van der Waals surface area contributed by atoms with Gasteiger partial charge in [-0.1, -0.05) is 41.4 Å². The number of phenolic OH excluding ortho intramolecular Hbond substituents is 2. The van der Waals surface area contributed by atoms with Crippen molar-refractivity contribution in [1.82, 2.24) is 0 Å². The SMILES string of the molecule is Nc1ccc2c(O)c(N=Nc3ccc(-c4ccc(N=Nc5c(S(=O)(=O)O)cc6ccc(N)cc6c5O)c(Cl)c4)cc3Cl)c(S(=O)(=O)O)cc2c1.